The van der Waals surface area contributed by atoms with E-state index in [4.69, 9.17) is 0 Å². The average molecular weight is 385 g/mol. The Hall–Kier alpha value is -2.70. The molecule has 0 aliphatic carbocycles. The Morgan fingerprint density at radius 3 is 2.68 bits per heavy atom. The van der Waals surface area contributed by atoms with Crippen LogP contribution in [0.1, 0.15) is 42.5 Å². The van der Waals surface area contributed by atoms with Crippen LogP contribution in [0.2, 0.25) is 0 Å². The van der Waals surface area contributed by atoms with Gasteiger partial charge < -0.3 is 14.8 Å². The van der Waals surface area contributed by atoms with Crippen molar-refractivity contribution >= 4 is 22.7 Å². The van der Waals surface area contributed by atoms with Gasteiger partial charge in [0.05, 0.1) is 0 Å². The van der Waals surface area contributed by atoms with E-state index in [0.717, 1.165) is 44.8 Å². The summed E-state index contributed by atoms with van der Waals surface area (Å²) < 4.78 is 13.5. The van der Waals surface area contributed by atoms with Gasteiger partial charge in [0.1, 0.15) is 11.4 Å². The van der Waals surface area contributed by atoms with Crippen LogP contribution in [0.25, 0.3) is 10.9 Å². The highest BCUT2D eigenvalue weighted by atomic mass is 19.1. The van der Waals surface area contributed by atoms with E-state index in [-0.39, 0.29) is 22.8 Å². The van der Waals surface area contributed by atoms with E-state index in [1.165, 1.54) is 18.3 Å². The average Bonchev–Trinajstić information content (AvgIpc) is 3.12. The van der Waals surface area contributed by atoms with Gasteiger partial charge in [0, 0.05) is 49.7 Å². The second-order valence-corrected chi connectivity index (χ2v) is 7.73. The molecule has 0 atom stereocenters. The molecule has 1 aromatic heterocycles. The molecule has 1 N–H and O–H groups in total. The van der Waals surface area contributed by atoms with Gasteiger partial charge in [-0.15, -0.1) is 0 Å². The molecule has 7 heteroatoms. The Balaban J connectivity index is 1.39. The third-order valence-corrected chi connectivity index (χ3v) is 5.95. The number of likely N-dealkylation sites (tertiary alicyclic amines) is 2. The molecule has 2 aliphatic rings. The molecule has 0 radical (unpaired) electrons. The third kappa shape index (κ3) is 3.66. The number of hydrogen-bond donors (Lipinski definition) is 1. The molecule has 0 spiro atoms. The molecule has 2 aliphatic heterocycles. The molecule has 2 aromatic rings. The van der Waals surface area contributed by atoms with Crippen LogP contribution in [0, 0.1) is 11.7 Å². The molecule has 28 heavy (non-hydrogen) atoms. The lowest BCUT2D eigenvalue weighted by Crippen LogP contribution is -2.41. The predicted octanol–water partition coefficient (Wildman–Crippen LogP) is 2.53. The fourth-order valence-corrected chi connectivity index (χ4v) is 4.22. The lowest BCUT2D eigenvalue weighted by molar-refractivity contribution is -0.127. The van der Waals surface area contributed by atoms with Crippen molar-refractivity contribution in [3.63, 3.8) is 0 Å². The molecule has 0 bridgehead atoms. The fourth-order valence-electron chi connectivity index (χ4n) is 4.22. The summed E-state index contributed by atoms with van der Waals surface area (Å²) in [5, 5.41) is 0.191. The van der Waals surface area contributed by atoms with E-state index >= 15 is 0 Å². The van der Waals surface area contributed by atoms with Gasteiger partial charge in [-0.3, -0.25) is 14.4 Å². The van der Waals surface area contributed by atoms with E-state index in [9.17, 15) is 18.8 Å². The third-order valence-electron chi connectivity index (χ3n) is 5.95. The van der Waals surface area contributed by atoms with Crippen molar-refractivity contribution in [2.45, 2.75) is 32.1 Å². The van der Waals surface area contributed by atoms with Crippen molar-refractivity contribution in [1.82, 2.24) is 14.8 Å². The monoisotopic (exact) mass is 385 g/mol. The van der Waals surface area contributed by atoms with Crippen molar-refractivity contribution in [1.29, 1.82) is 0 Å². The number of benzene rings is 1. The number of aromatic amines is 1. The highest BCUT2D eigenvalue weighted by Gasteiger charge is 2.27. The first-order valence-corrected chi connectivity index (χ1v) is 9.91. The van der Waals surface area contributed by atoms with Crippen LogP contribution >= 0.6 is 0 Å². The number of carbonyl (C=O) groups is 2. The summed E-state index contributed by atoms with van der Waals surface area (Å²) in [6.07, 6.45) is 5.74. The summed E-state index contributed by atoms with van der Waals surface area (Å²) in [6, 6.07) is 3.94. The van der Waals surface area contributed by atoms with Crippen LogP contribution in [0.5, 0.6) is 0 Å². The Morgan fingerprint density at radius 2 is 1.96 bits per heavy atom. The number of halogens is 1. The van der Waals surface area contributed by atoms with Crippen LogP contribution in [-0.2, 0) is 4.79 Å². The maximum Gasteiger partial charge on any atom is 0.259 e. The van der Waals surface area contributed by atoms with Crippen LogP contribution in [0.4, 0.5) is 4.39 Å². The minimum atomic E-state index is -0.500. The molecule has 1 aromatic carbocycles. The van der Waals surface area contributed by atoms with Gasteiger partial charge in [-0.2, -0.15) is 0 Å². The number of H-pyrrole nitrogens is 1. The molecule has 148 valence electrons. The van der Waals surface area contributed by atoms with E-state index in [1.807, 2.05) is 4.90 Å². The van der Waals surface area contributed by atoms with Gasteiger partial charge in [0.25, 0.3) is 5.91 Å². The standard InChI is InChI=1S/C21H24FN3O3/c22-15-3-4-18-16(12-15)20(27)17(13-23-18)21(28)25-10-6-14(7-11-25)5-9-24-8-1-2-19(24)26/h3-4,12-14H,1-2,5-11H2,(H,23,27). The summed E-state index contributed by atoms with van der Waals surface area (Å²) >= 11 is 0. The molecule has 3 heterocycles. The van der Waals surface area contributed by atoms with E-state index < -0.39 is 11.2 Å². The van der Waals surface area contributed by atoms with Crippen LogP contribution < -0.4 is 5.43 Å². The number of nitrogens with one attached hydrogen (secondary N) is 1. The van der Waals surface area contributed by atoms with Gasteiger partial charge in [-0.05, 0) is 49.8 Å². The molecule has 2 fully saturated rings. The van der Waals surface area contributed by atoms with E-state index in [1.54, 1.807) is 4.90 Å². The SMILES string of the molecule is O=C1CCCN1CCC1CCN(C(=O)c2c[nH]c3ccc(F)cc3c2=O)CC1. The molecule has 0 unspecified atom stereocenters. The number of aromatic nitrogens is 1. The molecule has 2 amide bonds. The molecule has 6 nitrogen and oxygen atoms in total. The largest absolute Gasteiger partial charge is 0.360 e. The Bertz CT molecular complexity index is 963. The molecular weight excluding hydrogens is 361 g/mol. The van der Waals surface area contributed by atoms with Crippen LogP contribution in [0.3, 0.4) is 0 Å². The maximum absolute atomic E-state index is 13.5. The number of pyridine rings is 1. The predicted molar refractivity (Wildman–Crippen MR) is 104 cm³/mol. The molecule has 0 saturated carbocycles. The van der Waals surface area contributed by atoms with Gasteiger partial charge in [-0.25, -0.2) is 4.39 Å². The Labute approximate surface area is 162 Å². The lowest BCUT2D eigenvalue weighted by atomic mass is 9.93. The summed E-state index contributed by atoms with van der Waals surface area (Å²) in [5.41, 5.74) is 0.130. The maximum atomic E-state index is 13.5. The number of amides is 2. The highest BCUT2D eigenvalue weighted by Crippen LogP contribution is 2.23. The van der Waals surface area contributed by atoms with Crippen molar-refractivity contribution in [2.24, 2.45) is 5.92 Å². The summed E-state index contributed by atoms with van der Waals surface area (Å²) in [6.45, 7) is 2.85. The first kappa shape index (κ1) is 18.7. The molecule has 2 saturated heterocycles. The van der Waals surface area contributed by atoms with Crippen LogP contribution in [-0.4, -0.2) is 52.8 Å². The van der Waals surface area contributed by atoms with Crippen molar-refractivity contribution in [3.8, 4) is 0 Å². The van der Waals surface area contributed by atoms with Gasteiger partial charge in [-0.1, -0.05) is 0 Å². The number of piperidine rings is 1. The summed E-state index contributed by atoms with van der Waals surface area (Å²) in [7, 11) is 0. The Kier molecular flexibility index (Phi) is 5.15. The molecular formula is C21H24FN3O3. The summed E-state index contributed by atoms with van der Waals surface area (Å²) in [5.74, 6) is -0.0681. The zero-order valence-corrected chi connectivity index (χ0v) is 15.7. The zero-order valence-electron chi connectivity index (χ0n) is 15.7. The first-order chi connectivity index (χ1) is 13.5. The quantitative estimate of drug-likeness (QED) is 0.879. The molecule has 4 rings (SSSR count). The van der Waals surface area contributed by atoms with Gasteiger partial charge in [0.2, 0.25) is 11.3 Å². The van der Waals surface area contributed by atoms with Crippen molar-refractivity contribution in [3.05, 3.63) is 46.0 Å². The Morgan fingerprint density at radius 1 is 1.18 bits per heavy atom. The fraction of sp³-hybridized carbons (Fsp3) is 0.476. The number of fused-ring (bicyclic) bond motifs is 1. The van der Waals surface area contributed by atoms with Crippen LogP contribution in [0.15, 0.2) is 29.2 Å². The topological polar surface area (TPSA) is 73.5 Å². The van der Waals surface area contributed by atoms with E-state index in [2.05, 4.69) is 4.98 Å². The number of rotatable bonds is 4. The van der Waals surface area contributed by atoms with Gasteiger partial charge >= 0.3 is 0 Å². The number of carbonyl (C=O) groups excluding carboxylic acids is 2. The minimum absolute atomic E-state index is 0.0548. The summed E-state index contributed by atoms with van der Waals surface area (Å²) in [4.78, 5) is 43.7. The lowest BCUT2D eigenvalue weighted by Gasteiger charge is -2.32. The number of nitrogens with zero attached hydrogens (tertiary/aromatic N) is 2. The van der Waals surface area contributed by atoms with E-state index in [0.29, 0.717) is 30.9 Å². The highest BCUT2D eigenvalue weighted by molar-refractivity contribution is 5.97. The van der Waals surface area contributed by atoms with Crippen molar-refractivity contribution < 1.29 is 14.0 Å². The smallest absolute Gasteiger partial charge is 0.259 e. The van der Waals surface area contributed by atoms with Gasteiger partial charge in [0.15, 0.2) is 0 Å². The minimum Gasteiger partial charge on any atom is -0.360 e. The second-order valence-electron chi connectivity index (χ2n) is 7.73. The second kappa shape index (κ2) is 7.73. The zero-order chi connectivity index (χ0) is 19.7. The first-order valence-electron chi connectivity index (χ1n) is 9.91. The normalized spacial score (nSPS) is 18.2. The van der Waals surface area contributed by atoms with Crippen molar-refractivity contribution in [2.75, 3.05) is 26.2 Å². The number of hydrogen-bond acceptors (Lipinski definition) is 3.